The average Bonchev–Trinajstić information content (AvgIpc) is 2.23. The number of pyridine rings is 1. The van der Waals surface area contributed by atoms with Crippen LogP contribution in [-0.2, 0) is 0 Å². The highest BCUT2D eigenvalue weighted by Gasteiger charge is 2.06. The van der Waals surface area contributed by atoms with Gasteiger partial charge in [0.25, 0.3) is 0 Å². The molecule has 0 amide bonds. The van der Waals surface area contributed by atoms with E-state index in [4.69, 9.17) is 0 Å². The predicted molar refractivity (Wildman–Crippen MR) is 54.4 cm³/mol. The Bertz CT molecular complexity index is 437. The normalized spacial score (nSPS) is 10.1. The van der Waals surface area contributed by atoms with Crippen molar-refractivity contribution in [2.75, 3.05) is 0 Å². The lowest BCUT2D eigenvalue weighted by molar-refractivity contribution is 0.613. The molecule has 0 saturated carbocycles. The van der Waals surface area contributed by atoms with Gasteiger partial charge in [0.1, 0.15) is 0 Å². The molecule has 14 heavy (non-hydrogen) atoms. The minimum atomic E-state index is -0.237. The van der Waals surface area contributed by atoms with Gasteiger partial charge in [-0.3, -0.25) is 4.98 Å². The van der Waals surface area contributed by atoms with Gasteiger partial charge in [-0.15, -0.1) is 0 Å². The smallest absolute Gasteiger partial charge is 0.152 e. The molecule has 1 heterocycles. The molecule has 0 aliphatic carbocycles. The number of nitrogens with zero attached hydrogens (tertiary/aromatic N) is 1. The summed E-state index contributed by atoms with van der Waals surface area (Å²) in [7, 11) is 0. The zero-order valence-corrected chi connectivity index (χ0v) is 7.87. The number of aryl methyl sites for hydroxylation is 1. The summed E-state index contributed by atoms with van der Waals surface area (Å²) in [5.41, 5.74) is 1.93. The van der Waals surface area contributed by atoms with Crippen molar-refractivity contribution in [3.05, 3.63) is 54.1 Å². The van der Waals surface area contributed by atoms with Crippen LogP contribution in [0.25, 0.3) is 11.1 Å². The zero-order valence-electron chi connectivity index (χ0n) is 7.87. The third kappa shape index (κ3) is 1.51. The van der Waals surface area contributed by atoms with Gasteiger partial charge in [0.15, 0.2) is 5.82 Å². The summed E-state index contributed by atoms with van der Waals surface area (Å²) in [5.74, 6) is -0.237. The molecular formula is C12H10FN. The van der Waals surface area contributed by atoms with E-state index in [9.17, 15) is 4.39 Å². The van der Waals surface area contributed by atoms with E-state index in [2.05, 4.69) is 4.98 Å². The molecule has 2 heteroatoms. The molecule has 0 fully saturated rings. The van der Waals surface area contributed by atoms with E-state index < -0.39 is 0 Å². The molecule has 0 aliphatic heterocycles. The average molecular weight is 187 g/mol. The Morgan fingerprint density at radius 1 is 1.07 bits per heavy atom. The summed E-state index contributed by atoms with van der Waals surface area (Å²) in [6, 6.07) is 11.2. The van der Waals surface area contributed by atoms with E-state index in [1.54, 1.807) is 19.2 Å². The van der Waals surface area contributed by atoms with Gasteiger partial charge in [-0.05, 0) is 18.6 Å². The summed E-state index contributed by atoms with van der Waals surface area (Å²) in [6.45, 7) is 1.67. The van der Waals surface area contributed by atoms with Gasteiger partial charge in [-0.1, -0.05) is 30.3 Å². The molecule has 0 N–H and O–H groups in total. The maximum atomic E-state index is 13.6. The van der Waals surface area contributed by atoms with Crippen LogP contribution in [0.3, 0.4) is 0 Å². The molecule has 70 valence electrons. The van der Waals surface area contributed by atoms with Crippen LogP contribution in [0.5, 0.6) is 0 Å². The van der Waals surface area contributed by atoms with Gasteiger partial charge in [0.2, 0.25) is 0 Å². The van der Waals surface area contributed by atoms with Gasteiger partial charge in [0, 0.05) is 11.8 Å². The van der Waals surface area contributed by atoms with E-state index >= 15 is 0 Å². The summed E-state index contributed by atoms with van der Waals surface area (Å²) in [4.78, 5) is 3.89. The Balaban J connectivity index is 2.58. The third-order valence-corrected chi connectivity index (χ3v) is 2.15. The highest BCUT2D eigenvalue weighted by Crippen LogP contribution is 2.22. The first-order valence-electron chi connectivity index (χ1n) is 4.45. The topological polar surface area (TPSA) is 12.9 Å². The fourth-order valence-electron chi connectivity index (χ4n) is 1.39. The maximum absolute atomic E-state index is 13.6. The van der Waals surface area contributed by atoms with Gasteiger partial charge < -0.3 is 0 Å². The molecule has 0 unspecified atom stereocenters. The second kappa shape index (κ2) is 3.58. The molecule has 1 aromatic carbocycles. The Labute approximate surface area is 82.2 Å². The monoisotopic (exact) mass is 187 g/mol. The fraction of sp³-hybridized carbons (Fsp3) is 0.0833. The summed E-state index contributed by atoms with van der Waals surface area (Å²) < 4.78 is 13.6. The molecule has 2 aromatic rings. The van der Waals surface area contributed by atoms with Crippen LogP contribution in [0.1, 0.15) is 5.69 Å². The zero-order chi connectivity index (χ0) is 9.97. The summed E-state index contributed by atoms with van der Waals surface area (Å²) >= 11 is 0. The largest absolute Gasteiger partial charge is 0.259 e. The van der Waals surface area contributed by atoms with Gasteiger partial charge in [0.05, 0.1) is 5.69 Å². The van der Waals surface area contributed by atoms with E-state index in [1.165, 1.54) is 0 Å². The van der Waals surface area contributed by atoms with Crippen molar-refractivity contribution in [3.8, 4) is 11.1 Å². The van der Waals surface area contributed by atoms with Crippen molar-refractivity contribution in [1.29, 1.82) is 0 Å². The number of hydrogen-bond acceptors (Lipinski definition) is 1. The van der Waals surface area contributed by atoms with E-state index in [-0.39, 0.29) is 5.82 Å². The molecule has 0 radical (unpaired) electrons. The van der Waals surface area contributed by atoms with E-state index in [0.717, 1.165) is 5.56 Å². The Morgan fingerprint density at radius 3 is 2.50 bits per heavy atom. The number of rotatable bonds is 1. The summed E-state index contributed by atoms with van der Waals surface area (Å²) in [6.07, 6.45) is 1.63. The van der Waals surface area contributed by atoms with Crippen molar-refractivity contribution < 1.29 is 4.39 Å². The highest BCUT2D eigenvalue weighted by atomic mass is 19.1. The molecule has 1 aromatic heterocycles. The van der Waals surface area contributed by atoms with Crippen LogP contribution in [0.2, 0.25) is 0 Å². The van der Waals surface area contributed by atoms with Crippen LogP contribution in [0, 0.1) is 12.7 Å². The minimum Gasteiger partial charge on any atom is -0.259 e. The number of hydrogen-bond donors (Lipinski definition) is 0. The Morgan fingerprint density at radius 2 is 1.79 bits per heavy atom. The van der Waals surface area contributed by atoms with Gasteiger partial charge >= 0.3 is 0 Å². The van der Waals surface area contributed by atoms with Crippen LogP contribution in [-0.4, -0.2) is 4.98 Å². The number of aromatic nitrogens is 1. The standard InChI is InChI=1S/C12H10FN/c1-9-12(13)11(7-8-14-9)10-5-3-2-4-6-10/h2-8H,1H3. The van der Waals surface area contributed by atoms with Crippen LogP contribution in [0.4, 0.5) is 4.39 Å². The van der Waals surface area contributed by atoms with E-state index in [1.807, 2.05) is 30.3 Å². The van der Waals surface area contributed by atoms with Crippen LogP contribution >= 0.6 is 0 Å². The molecule has 2 rings (SSSR count). The third-order valence-electron chi connectivity index (χ3n) is 2.15. The highest BCUT2D eigenvalue weighted by molar-refractivity contribution is 5.63. The molecule has 0 aliphatic rings. The molecular weight excluding hydrogens is 177 g/mol. The lowest BCUT2D eigenvalue weighted by Gasteiger charge is -2.04. The number of benzene rings is 1. The SMILES string of the molecule is Cc1nccc(-c2ccccc2)c1F. The van der Waals surface area contributed by atoms with Crippen molar-refractivity contribution in [1.82, 2.24) is 4.98 Å². The molecule has 0 spiro atoms. The van der Waals surface area contributed by atoms with Crippen molar-refractivity contribution >= 4 is 0 Å². The second-order valence-corrected chi connectivity index (χ2v) is 3.12. The first kappa shape index (κ1) is 8.88. The van der Waals surface area contributed by atoms with E-state index in [0.29, 0.717) is 11.3 Å². The molecule has 0 atom stereocenters. The van der Waals surface area contributed by atoms with Crippen molar-refractivity contribution in [2.45, 2.75) is 6.92 Å². The first-order chi connectivity index (χ1) is 6.79. The Hall–Kier alpha value is -1.70. The van der Waals surface area contributed by atoms with Crippen LogP contribution in [0.15, 0.2) is 42.6 Å². The van der Waals surface area contributed by atoms with Crippen molar-refractivity contribution in [2.24, 2.45) is 0 Å². The van der Waals surface area contributed by atoms with Gasteiger partial charge in [-0.2, -0.15) is 0 Å². The van der Waals surface area contributed by atoms with Gasteiger partial charge in [-0.25, -0.2) is 4.39 Å². The quantitative estimate of drug-likeness (QED) is 0.668. The summed E-state index contributed by atoms with van der Waals surface area (Å²) in [5, 5.41) is 0. The minimum absolute atomic E-state index is 0.237. The molecule has 0 saturated heterocycles. The lowest BCUT2D eigenvalue weighted by Crippen LogP contribution is -1.90. The second-order valence-electron chi connectivity index (χ2n) is 3.12. The van der Waals surface area contributed by atoms with Crippen molar-refractivity contribution in [3.63, 3.8) is 0 Å². The first-order valence-corrected chi connectivity index (χ1v) is 4.45. The predicted octanol–water partition coefficient (Wildman–Crippen LogP) is 3.20. The molecule has 0 bridgehead atoms. The van der Waals surface area contributed by atoms with Crippen LogP contribution < -0.4 is 0 Å². The Kier molecular flexibility index (Phi) is 2.27. The number of halogens is 1. The lowest BCUT2D eigenvalue weighted by atomic mass is 10.1. The maximum Gasteiger partial charge on any atom is 0.152 e. The molecule has 1 nitrogen and oxygen atoms in total. The fourth-order valence-corrected chi connectivity index (χ4v) is 1.39.